The lowest BCUT2D eigenvalue weighted by atomic mass is 9.99. The van der Waals surface area contributed by atoms with Crippen LogP contribution in [0.15, 0.2) is 21.7 Å². The van der Waals surface area contributed by atoms with Crippen LogP contribution >= 0.6 is 0 Å². The van der Waals surface area contributed by atoms with Gasteiger partial charge in [-0.2, -0.15) is 4.98 Å². The third-order valence-electron chi connectivity index (χ3n) is 5.55. The molecule has 3 aromatic rings. The summed E-state index contributed by atoms with van der Waals surface area (Å²) in [6.07, 6.45) is 4.11. The molecule has 9 heteroatoms. The van der Waals surface area contributed by atoms with Crippen LogP contribution in [0.1, 0.15) is 24.0 Å². The molecule has 0 radical (unpaired) electrons. The van der Waals surface area contributed by atoms with Crippen molar-refractivity contribution in [1.29, 1.82) is 0 Å². The van der Waals surface area contributed by atoms with Crippen molar-refractivity contribution in [3.05, 3.63) is 23.4 Å². The number of ether oxygens (including phenoxy) is 1. The topological polar surface area (TPSA) is 117 Å². The number of piperidine rings is 1. The Morgan fingerprint density at radius 1 is 1.27 bits per heavy atom. The maximum atomic E-state index is 10.8. The van der Waals surface area contributed by atoms with E-state index in [1.165, 1.54) is 0 Å². The maximum absolute atomic E-state index is 10.8. The molecule has 9 nitrogen and oxygen atoms in total. The van der Waals surface area contributed by atoms with Gasteiger partial charge in [-0.05, 0) is 37.9 Å². The lowest BCUT2D eigenvalue weighted by Gasteiger charge is -2.26. The Labute approximate surface area is 173 Å². The zero-order chi connectivity index (χ0) is 20.7. The van der Waals surface area contributed by atoms with Crippen LogP contribution in [0, 0.1) is 6.92 Å². The number of hydrogen-bond donors (Lipinski definition) is 2. The number of likely N-dealkylation sites (tertiary alicyclic amines) is 1. The summed E-state index contributed by atoms with van der Waals surface area (Å²) in [4.78, 5) is 20.0. The van der Waals surface area contributed by atoms with Crippen molar-refractivity contribution < 1.29 is 19.4 Å². The van der Waals surface area contributed by atoms with E-state index in [0.29, 0.717) is 48.7 Å². The molecule has 0 atom stereocenters. The molecular weight excluding hydrogens is 386 g/mol. The summed E-state index contributed by atoms with van der Waals surface area (Å²) >= 11 is 0. The van der Waals surface area contributed by atoms with Gasteiger partial charge < -0.3 is 19.4 Å². The summed E-state index contributed by atoms with van der Waals surface area (Å²) in [6, 6.07) is 2.15. The van der Waals surface area contributed by atoms with Crippen molar-refractivity contribution in [3.8, 4) is 22.8 Å². The number of aromatic nitrogens is 3. The number of aryl methyl sites for hydroxylation is 1. The number of hydrogen-bond acceptors (Lipinski definition) is 9. The van der Waals surface area contributed by atoms with Crippen LogP contribution in [0.4, 0.5) is 6.01 Å². The SMILES string of the molecule is Cc1cc2c(c(O)c1-c1cnc3oc(/N=C4\CCCN(CCO)C4)nc3n1)CCO2. The first-order chi connectivity index (χ1) is 14.6. The van der Waals surface area contributed by atoms with Crippen LogP contribution in [-0.4, -0.2) is 68.6 Å². The highest BCUT2D eigenvalue weighted by Crippen LogP contribution is 2.42. The minimum Gasteiger partial charge on any atom is -0.507 e. The average Bonchev–Trinajstić information content (AvgIpc) is 3.34. The quantitative estimate of drug-likeness (QED) is 0.675. The van der Waals surface area contributed by atoms with Gasteiger partial charge in [0.15, 0.2) is 0 Å². The average molecular weight is 409 g/mol. The van der Waals surface area contributed by atoms with E-state index in [2.05, 4.69) is 24.8 Å². The lowest BCUT2D eigenvalue weighted by molar-refractivity contribution is 0.204. The number of aromatic hydroxyl groups is 1. The van der Waals surface area contributed by atoms with Crippen molar-refractivity contribution in [2.75, 3.05) is 32.8 Å². The maximum Gasteiger partial charge on any atom is 0.325 e. The molecule has 0 aliphatic carbocycles. The lowest BCUT2D eigenvalue weighted by Crippen LogP contribution is -2.37. The zero-order valence-corrected chi connectivity index (χ0v) is 16.8. The molecule has 0 bridgehead atoms. The number of phenolic OH excluding ortho intramolecular Hbond substituents is 1. The Morgan fingerprint density at radius 3 is 3.03 bits per heavy atom. The van der Waals surface area contributed by atoms with Crippen molar-refractivity contribution in [2.45, 2.75) is 26.2 Å². The molecule has 5 rings (SSSR count). The van der Waals surface area contributed by atoms with E-state index in [1.54, 1.807) is 6.20 Å². The Bertz CT molecular complexity index is 1140. The fourth-order valence-corrected chi connectivity index (χ4v) is 4.13. The first-order valence-corrected chi connectivity index (χ1v) is 10.1. The van der Waals surface area contributed by atoms with Crippen LogP contribution in [0.3, 0.4) is 0 Å². The highest BCUT2D eigenvalue weighted by molar-refractivity contribution is 5.89. The number of nitrogens with zero attached hydrogens (tertiary/aromatic N) is 5. The van der Waals surface area contributed by atoms with E-state index in [4.69, 9.17) is 14.3 Å². The van der Waals surface area contributed by atoms with Gasteiger partial charge in [0.2, 0.25) is 5.65 Å². The summed E-state index contributed by atoms with van der Waals surface area (Å²) in [5.74, 6) is 0.913. The number of aliphatic hydroxyl groups excluding tert-OH is 1. The second-order valence-electron chi connectivity index (χ2n) is 7.65. The molecule has 4 heterocycles. The molecule has 0 unspecified atom stereocenters. The molecule has 1 saturated heterocycles. The summed E-state index contributed by atoms with van der Waals surface area (Å²) in [6.45, 7) is 4.88. The number of aliphatic imine (C=N–C) groups is 1. The first kappa shape index (κ1) is 19.0. The molecule has 0 saturated carbocycles. The van der Waals surface area contributed by atoms with E-state index in [0.717, 1.165) is 42.0 Å². The van der Waals surface area contributed by atoms with Crippen LogP contribution in [-0.2, 0) is 6.42 Å². The summed E-state index contributed by atoms with van der Waals surface area (Å²) in [5, 5.41) is 19.9. The number of phenols is 1. The third-order valence-corrected chi connectivity index (χ3v) is 5.55. The highest BCUT2D eigenvalue weighted by atomic mass is 16.5. The predicted octanol–water partition coefficient (Wildman–Crippen LogP) is 2.39. The van der Waals surface area contributed by atoms with Crippen molar-refractivity contribution in [3.63, 3.8) is 0 Å². The van der Waals surface area contributed by atoms with E-state index < -0.39 is 0 Å². The Morgan fingerprint density at radius 2 is 2.17 bits per heavy atom. The van der Waals surface area contributed by atoms with Gasteiger partial charge in [0.25, 0.3) is 5.71 Å². The highest BCUT2D eigenvalue weighted by Gasteiger charge is 2.23. The minimum atomic E-state index is 0.133. The van der Waals surface area contributed by atoms with E-state index in [9.17, 15) is 5.11 Å². The third kappa shape index (κ3) is 3.40. The number of β-amino-alcohol motifs (C(OH)–C–C–N with tert-alkyl or cyclic N) is 1. The van der Waals surface area contributed by atoms with Crippen molar-refractivity contribution in [1.82, 2.24) is 19.9 Å². The molecule has 0 spiro atoms. The monoisotopic (exact) mass is 409 g/mol. The number of rotatable bonds is 4. The molecule has 1 aromatic carbocycles. The predicted molar refractivity (Wildman–Crippen MR) is 110 cm³/mol. The summed E-state index contributed by atoms with van der Waals surface area (Å²) in [7, 11) is 0. The Hall–Kier alpha value is -3.04. The number of benzene rings is 1. The van der Waals surface area contributed by atoms with Gasteiger partial charge in [-0.3, -0.25) is 4.90 Å². The second-order valence-corrected chi connectivity index (χ2v) is 7.65. The number of oxazole rings is 1. The standard InChI is InChI=1S/C21H23N5O4/c1-12-9-16-14(4-8-29-16)18(28)17(12)15-10-22-20-19(24-15)25-21(30-20)23-13-3-2-5-26(11-13)6-7-27/h9-10,27-28H,2-8,11H2,1H3/b23-13+. The van der Waals surface area contributed by atoms with Gasteiger partial charge in [0, 0.05) is 36.3 Å². The van der Waals surface area contributed by atoms with Crippen LogP contribution < -0.4 is 4.74 Å². The van der Waals surface area contributed by atoms with Crippen LogP contribution in [0.2, 0.25) is 0 Å². The zero-order valence-electron chi connectivity index (χ0n) is 16.8. The van der Waals surface area contributed by atoms with E-state index in [-0.39, 0.29) is 18.4 Å². The molecule has 2 aliphatic rings. The fourth-order valence-electron chi connectivity index (χ4n) is 4.13. The van der Waals surface area contributed by atoms with Crippen molar-refractivity contribution >= 4 is 23.1 Å². The normalized spacial score (nSPS) is 18.1. The molecular formula is C21H23N5O4. The van der Waals surface area contributed by atoms with Crippen LogP contribution in [0.25, 0.3) is 22.6 Å². The smallest absolute Gasteiger partial charge is 0.325 e. The molecule has 156 valence electrons. The minimum absolute atomic E-state index is 0.133. The molecule has 0 amide bonds. The van der Waals surface area contributed by atoms with Gasteiger partial charge in [-0.25, -0.2) is 15.0 Å². The molecule has 1 fully saturated rings. The second kappa shape index (κ2) is 7.66. The summed E-state index contributed by atoms with van der Waals surface area (Å²) < 4.78 is 11.2. The Kier molecular flexibility index (Phi) is 4.84. The molecule has 2 aromatic heterocycles. The van der Waals surface area contributed by atoms with Gasteiger partial charge in [-0.1, -0.05) is 0 Å². The van der Waals surface area contributed by atoms with E-state index >= 15 is 0 Å². The van der Waals surface area contributed by atoms with Gasteiger partial charge in [0.1, 0.15) is 11.5 Å². The number of aliphatic hydroxyl groups is 1. The van der Waals surface area contributed by atoms with Gasteiger partial charge in [-0.15, -0.1) is 0 Å². The fraction of sp³-hybridized carbons (Fsp3) is 0.429. The Balaban J connectivity index is 1.48. The van der Waals surface area contributed by atoms with Crippen LogP contribution in [0.5, 0.6) is 11.5 Å². The first-order valence-electron chi connectivity index (χ1n) is 10.1. The summed E-state index contributed by atoms with van der Waals surface area (Å²) in [5.41, 5.74) is 4.45. The van der Waals surface area contributed by atoms with Gasteiger partial charge in [0.05, 0.1) is 25.1 Å². The van der Waals surface area contributed by atoms with E-state index in [1.807, 2.05) is 13.0 Å². The van der Waals surface area contributed by atoms with Gasteiger partial charge >= 0.3 is 6.01 Å². The van der Waals surface area contributed by atoms with Crippen molar-refractivity contribution in [2.24, 2.45) is 4.99 Å². The largest absolute Gasteiger partial charge is 0.507 e. The number of fused-ring (bicyclic) bond motifs is 2. The molecule has 30 heavy (non-hydrogen) atoms. The molecule has 2 aliphatic heterocycles. The molecule has 2 N–H and O–H groups in total.